The Balaban J connectivity index is 1.66. The Labute approximate surface area is 142 Å². The predicted octanol–water partition coefficient (Wildman–Crippen LogP) is 3.34. The van der Waals surface area contributed by atoms with Gasteiger partial charge in [0.25, 0.3) is 0 Å². The van der Waals surface area contributed by atoms with Crippen LogP contribution in [0.5, 0.6) is 0 Å². The second-order valence-corrected chi connectivity index (χ2v) is 6.68. The minimum absolute atomic E-state index is 0.107. The van der Waals surface area contributed by atoms with Gasteiger partial charge >= 0.3 is 0 Å². The van der Waals surface area contributed by atoms with Crippen LogP contribution >= 0.6 is 0 Å². The van der Waals surface area contributed by atoms with E-state index < -0.39 is 5.60 Å². The summed E-state index contributed by atoms with van der Waals surface area (Å²) in [5, 5.41) is 13.4. The monoisotopic (exact) mass is 327 g/mol. The van der Waals surface area contributed by atoms with Gasteiger partial charge in [-0.05, 0) is 24.8 Å². The number of nitrogens with one attached hydrogen (secondary N) is 2. The van der Waals surface area contributed by atoms with E-state index in [1.165, 1.54) is 0 Å². The molecule has 128 valence electrons. The molecule has 1 aliphatic rings. The lowest BCUT2D eigenvalue weighted by Gasteiger charge is -2.23. The zero-order valence-electron chi connectivity index (χ0n) is 14.1. The standard InChI is InChI=1S/C19H25N3O2/c1-2-15(21-17(23)12-19(24)10-6-7-11-19)18-20-13-16(22-18)14-8-4-3-5-9-14/h3-5,8-9,13,15,24H,2,6-7,10-12H2,1H3,(H,20,22)(H,21,23). The number of carbonyl (C=O) groups is 1. The number of aromatic nitrogens is 2. The molecule has 1 aliphatic carbocycles. The molecule has 3 rings (SSSR count). The molecule has 0 radical (unpaired) electrons. The quantitative estimate of drug-likeness (QED) is 0.761. The van der Waals surface area contributed by atoms with Gasteiger partial charge in [-0.25, -0.2) is 4.98 Å². The van der Waals surface area contributed by atoms with E-state index in [2.05, 4.69) is 15.3 Å². The number of hydrogen-bond acceptors (Lipinski definition) is 3. The highest BCUT2D eigenvalue weighted by atomic mass is 16.3. The lowest BCUT2D eigenvalue weighted by Crippen LogP contribution is -2.36. The minimum Gasteiger partial charge on any atom is -0.389 e. The number of amides is 1. The molecule has 1 atom stereocenters. The summed E-state index contributed by atoms with van der Waals surface area (Å²) in [5.74, 6) is 0.645. The highest BCUT2D eigenvalue weighted by molar-refractivity contribution is 5.77. The number of benzene rings is 1. The Kier molecular flexibility index (Phi) is 5.00. The summed E-state index contributed by atoms with van der Waals surface area (Å²) in [7, 11) is 0. The van der Waals surface area contributed by atoms with Crippen molar-refractivity contribution < 1.29 is 9.90 Å². The molecular weight excluding hydrogens is 302 g/mol. The van der Waals surface area contributed by atoms with Crippen molar-refractivity contribution >= 4 is 5.91 Å². The van der Waals surface area contributed by atoms with Crippen molar-refractivity contribution in [3.63, 3.8) is 0 Å². The maximum absolute atomic E-state index is 12.3. The molecule has 1 aromatic heterocycles. The van der Waals surface area contributed by atoms with Crippen LogP contribution in [0.4, 0.5) is 0 Å². The van der Waals surface area contributed by atoms with Crippen molar-refractivity contribution in [2.24, 2.45) is 0 Å². The predicted molar refractivity (Wildman–Crippen MR) is 93.2 cm³/mol. The second-order valence-electron chi connectivity index (χ2n) is 6.68. The number of hydrogen-bond donors (Lipinski definition) is 3. The molecule has 3 N–H and O–H groups in total. The molecule has 1 heterocycles. The largest absolute Gasteiger partial charge is 0.389 e. The van der Waals surface area contributed by atoms with Gasteiger partial charge in [0.05, 0.1) is 30.0 Å². The average Bonchev–Trinajstić information content (AvgIpc) is 3.23. The van der Waals surface area contributed by atoms with Gasteiger partial charge < -0.3 is 15.4 Å². The summed E-state index contributed by atoms with van der Waals surface area (Å²) >= 11 is 0. The van der Waals surface area contributed by atoms with E-state index in [-0.39, 0.29) is 18.4 Å². The third-order valence-electron chi connectivity index (χ3n) is 4.78. The Morgan fingerprint density at radius 3 is 2.71 bits per heavy atom. The van der Waals surface area contributed by atoms with Crippen LogP contribution in [0.25, 0.3) is 11.3 Å². The number of imidazole rings is 1. The first-order valence-electron chi connectivity index (χ1n) is 8.72. The molecule has 2 aromatic rings. The number of aliphatic hydroxyl groups is 1. The topological polar surface area (TPSA) is 78.0 Å². The molecule has 0 spiro atoms. The fourth-order valence-electron chi connectivity index (χ4n) is 3.40. The van der Waals surface area contributed by atoms with E-state index in [1.807, 2.05) is 37.3 Å². The van der Waals surface area contributed by atoms with E-state index in [4.69, 9.17) is 0 Å². The van der Waals surface area contributed by atoms with Crippen molar-refractivity contribution in [2.45, 2.75) is 57.1 Å². The molecule has 5 nitrogen and oxygen atoms in total. The molecule has 1 unspecified atom stereocenters. The Morgan fingerprint density at radius 2 is 2.04 bits per heavy atom. The average molecular weight is 327 g/mol. The van der Waals surface area contributed by atoms with Gasteiger partial charge in [0.15, 0.2) is 0 Å². The van der Waals surface area contributed by atoms with Crippen LogP contribution in [0.1, 0.15) is 57.3 Å². The molecule has 5 heteroatoms. The van der Waals surface area contributed by atoms with E-state index in [0.29, 0.717) is 0 Å². The molecule has 1 saturated carbocycles. The Morgan fingerprint density at radius 1 is 1.33 bits per heavy atom. The number of nitrogens with zero attached hydrogens (tertiary/aromatic N) is 1. The van der Waals surface area contributed by atoms with Crippen LogP contribution in [-0.2, 0) is 4.79 Å². The van der Waals surface area contributed by atoms with Crippen molar-refractivity contribution in [1.82, 2.24) is 15.3 Å². The summed E-state index contributed by atoms with van der Waals surface area (Å²) in [5.41, 5.74) is 1.19. The maximum atomic E-state index is 12.3. The van der Waals surface area contributed by atoms with Crippen LogP contribution in [0.3, 0.4) is 0 Å². The van der Waals surface area contributed by atoms with Crippen LogP contribution in [0.2, 0.25) is 0 Å². The van der Waals surface area contributed by atoms with Crippen LogP contribution < -0.4 is 5.32 Å². The minimum atomic E-state index is -0.819. The van der Waals surface area contributed by atoms with E-state index in [1.54, 1.807) is 6.20 Å². The lowest BCUT2D eigenvalue weighted by atomic mass is 9.97. The van der Waals surface area contributed by atoms with Crippen LogP contribution in [0.15, 0.2) is 36.5 Å². The molecule has 0 aliphatic heterocycles. The van der Waals surface area contributed by atoms with Crippen LogP contribution in [0, 0.1) is 0 Å². The van der Waals surface area contributed by atoms with Gasteiger partial charge in [0.1, 0.15) is 5.82 Å². The molecule has 1 amide bonds. The Hall–Kier alpha value is -2.14. The van der Waals surface area contributed by atoms with Crippen molar-refractivity contribution in [2.75, 3.05) is 0 Å². The fraction of sp³-hybridized carbons (Fsp3) is 0.474. The number of carbonyl (C=O) groups excluding carboxylic acids is 1. The van der Waals surface area contributed by atoms with Crippen molar-refractivity contribution in [3.8, 4) is 11.3 Å². The number of rotatable bonds is 6. The first-order chi connectivity index (χ1) is 11.6. The molecule has 24 heavy (non-hydrogen) atoms. The maximum Gasteiger partial charge on any atom is 0.223 e. The van der Waals surface area contributed by atoms with Crippen LogP contribution in [-0.4, -0.2) is 26.6 Å². The first kappa shape index (κ1) is 16.7. The summed E-state index contributed by atoms with van der Waals surface area (Å²) < 4.78 is 0. The van der Waals surface area contributed by atoms with Crippen molar-refractivity contribution in [1.29, 1.82) is 0 Å². The first-order valence-corrected chi connectivity index (χ1v) is 8.72. The van der Waals surface area contributed by atoms with E-state index in [9.17, 15) is 9.90 Å². The molecule has 1 aromatic carbocycles. The van der Waals surface area contributed by atoms with Gasteiger partial charge in [-0.1, -0.05) is 50.1 Å². The summed E-state index contributed by atoms with van der Waals surface area (Å²) in [4.78, 5) is 20.0. The van der Waals surface area contributed by atoms with Gasteiger partial charge in [0.2, 0.25) is 5.91 Å². The number of H-pyrrole nitrogens is 1. The second kappa shape index (κ2) is 7.18. The third-order valence-corrected chi connectivity index (χ3v) is 4.78. The zero-order chi connectivity index (χ0) is 17.0. The van der Waals surface area contributed by atoms with E-state index >= 15 is 0 Å². The van der Waals surface area contributed by atoms with Gasteiger partial charge in [-0.2, -0.15) is 0 Å². The normalized spacial score (nSPS) is 17.6. The summed E-state index contributed by atoms with van der Waals surface area (Å²) in [6.07, 6.45) is 6.15. The SMILES string of the molecule is CCC(NC(=O)CC1(O)CCCC1)c1ncc(-c2ccccc2)[nH]1. The zero-order valence-corrected chi connectivity index (χ0v) is 14.1. The lowest BCUT2D eigenvalue weighted by molar-refractivity contribution is -0.126. The van der Waals surface area contributed by atoms with Crippen molar-refractivity contribution in [3.05, 3.63) is 42.4 Å². The summed E-state index contributed by atoms with van der Waals surface area (Å²) in [6.45, 7) is 2.01. The highest BCUT2D eigenvalue weighted by Gasteiger charge is 2.34. The van der Waals surface area contributed by atoms with Gasteiger partial charge in [-0.3, -0.25) is 4.79 Å². The fourth-order valence-corrected chi connectivity index (χ4v) is 3.40. The highest BCUT2D eigenvalue weighted by Crippen LogP contribution is 2.32. The van der Waals surface area contributed by atoms with Gasteiger partial charge in [0, 0.05) is 0 Å². The molecule has 0 bridgehead atoms. The third kappa shape index (κ3) is 3.85. The molecular formula is C19H25N3O2. The molecule has 1 fully saturated rings. The summed E-state index contributed by atoms with van der Waals surface area (Å²) in [6, 6.07) is 9.82. The Bertz CT molecular complexity index is 675. The van der Waals surface area contributed by atoms with E-state index in [0.717, 1.165) is 49.2 Å². The van der Waals surface area contributed by atoms with Gasteiger partial charge in [-0.15, -0.1) is 0 Å². The molecule has 0 saturated heterocycles. The smallest absolute Gasteiger partial charge is 0.223 e. The number of aromatic amines is 1.